The number of carbonyl (C=O) groups is 1. The van der Waals surface area contributed by atoms with Crippen LogP contribution in [-0.2, 0) is 14.3 Å². The molecule has 8 nitrogen and oxygen atoms in total. The van der Waals surface area contributed by atoms with Gasteiger partial charge in [-0.3, -0.25) is 9.36 Å². The zero-order valence-electron chi connectivity index (χ0n) is 20.6. The zero-order chi connectivity index (χ0) is 24.3. The highest BCUT2D eigenvalue weighted by Gasteiger charge is 2.20. The van der Waals surface area contributed by atoms with Gasteiger partial charge in [-0.25, -0.2) is 4.98 Å². The van der Waals surface area contributed by atoms with Gasteiger partial charge < -0.3 is 24.4 Å². The Labute approximate surface area is 207 Å². The molecule has 0 radical (unpaired) electrons. The second-order valence-corrected chi connectivity index (χ2v) is 8.69. The lowest BCUT2D eigenvalue weighted by Gasteiger charge is -2.28. The van der Waals surface area contributed by atoms with Crippen LogP contribution in [0.5, 0.6) is 5.75 Å². The summed E-state index contributed by atoms with van der Waals surface area (Å²) in [5, 5.41) is 2.93. The van der Waals surface area contributed by atoms with Crippen LogP contribution in [0.2, 0.25) is 0 Å². The highest BCUT2D eigenvalue weighted by molar-refractivity contribution is 5.83. The normalized spacial score (nSPS) is 13.8. The van der Waals surface area contributed by atoms with Crippen molar-refractivity contribution in [1.82, 2.24) is 14.9 Å². The summed E-state index contributed by atoms with van der Waals surface area (Å²) in [5.74, 6) is 1.88. The van der Waals surface area contributed by atoms with Crippen molar-refractivity contribution < 1.29 is 19.0 Å². The van der Waals surface area contributed by atoms with E-state index in [1.807, 2.05) is 30.3 Å². The van der Waals surface area contributed by atoms with Crippen LogP contribution in [0.25, 0.3) is 16.7 Å². The predicted molar refractivity (Wildman–Crippen MR) is 138 cm³/mol. The average molecular weight is 481 g/mol. The van der Waals surface area contributed by atoms with E-state index >= 15 is 0 Å². The number of nitrogens with one attached hydrogen (secondary N) is 1. The van der Waals surface area contributed by atoms with Gasteiger partial charge in [-0.2, -0.15) is 0 Å². The number of para-hydroxylation sites is 1. The third-order valence-corrected chi connectivity index (χ3v) is 6.08. The number of nitrogens with zero attached hydrogens (tertiary/aromatic N) is 3. The number of methoxy groups -OCH3 is 1. The number of hydrogen-bond acceptors (Lipinski definition) is 6. The monoisotopic (exact) mass is 480 g/mol. The minimum absolute atomic E-state index is 0.109. The summed E-state index contributed by atoms with van der Waals surface area (Å²) in [6.45, 7) is 5.03. The maximum atomic E-state index is 11.8. The maximum Gasteiger partial charge on any atom is 0.219 e. The molecule has 1 aromatic heterocycles. The number of anilines is 1. The number of fused-ring (bicyclic) bond motifs is 1. The Kier molecular flexibility index (Phi) is 9.37. The SMILES string of the molecule is COCCCNC(=O)CCCCCOc1ccc2nc(N3CCOCC3)n(-c3ccccc3)c2c1. The van der Waals surface area contributed by atoms with Crippen LogP contribution in [0.4, 0.5) is 5.95 Å². The molecule has 0 unspecified atom stereocenters. The molecule has 0 spiro atoms. The van der Waals surface area contributed by atoms with E-state index in [2.05, 4.69) is 33.0 Å². The molecule has 1 aliphatic rings. The highest BCUT2D eigenvalue weighted by Crippen LogP contribution is 2.30. The van der Waals surface area contributed by atoms with Gasteiger partial charge in [0.15, 0.2) is 0 Å². The highest BCUT2D eigenvalue weighted by atomic mass is 16.5. The van der Waals surface area contributed by atoms with Crippen LogP contribution in [0.1, 0.15) is 32.1 Å². The Morgan fingerprint density at radius 3 is 2.66 bits per heavy atom. The maximum absolute atomic E-state index is 11.8. The van der Waals surface area contributed by atoms with Crippen molar-refractivity contribution in [3.05, 3.63) is 48.5 Å². The molecule has 2 aromatic carbocycles. The van der Waals surface area contributed by atoms with E-state index in [1.165, 1.54) is 0 Å². The van der Waals surface area contributed by atoms with Crippen LogP contribution in [0.3, 0.4) is 0 Å². The molecule has 1 aliphatic heterocycles. The van der Waals surface area contributed by atoms with E-state index in [9.17, 15) is 4.79 Å². The van der Waals surface area contributed by atoms with Crippen molar-refractivity contribution in [3.8, 4) is 11.4 Å². The number of aromatic nitrogens is 2. The molecule has 0 atom stereocenters. The van der Waals surface area contributed by atoms with Crippen molar-refractivity contribution in [2.45, 2.75) is 32.1 Å². The molecule has 1 saturated heterocycles. The van der Waals surface area contributed by atoms with E-state index in [4.69, 9.17) is 19.2 Å². The second kappa shape index (κ2) is 13.1. The first kappa shape index (κ1) is 25.0. The molecule has 2 heterocycles. The smallest absolute Gasteiger partial charge is 0.219 e. The van der Waals surface area contributed by atoms with Gasteiger partial charge in [0.25, 0.3) is 0 Å². The molecule has 1 amide bonds. The number of amides is 1. The molecule has 0 saturated carbocycles. The van der Waals surface area contributed by atoms with Gasteiger partial charge in [-0.05, 0) is 49.9 Å². The van der Waals surface area contributed by atoms with Crippen molar-refractivity contribution in [1.29, 1.82) is 0 Å². The Morgan fingerprint density at radius 2 is 1.86 bits per heavy atom. The summed E-state index contributed by atoms with van der Waals surface area (Å²) in [6, 6.07) is 16.4. The number of ether oxygens (including phenoxy) is 3. The first-order valence-electron chi connectivity index (χ1n) is 12.6. The molecule has 35 heavy (non-hydrogen) atoms. The topological polar surface area (TPSA) is 77.8 Å². The van der Waals surface area contributed by atoms with Gasteiger partial charge in [0.1, 0.15) is 5.75 Å². The van der Waals surface area contributed by atoms with Crippen LogP contribution in [0, 0.1) is 0 Å². The summed E-state index contributed by atoms with van der Waals surface area (Å²) in [7, 11) is 1.67. The lowest BCUT2D eigenvalue weighted by molar-refractivity contribution is -0.121. The van der Waals surface area contributed by atoms with Crippen molar-refractivity contribution in [2.24, 2.45) is 0 Å². The molecular formula is C27H36N4O4. The standard InChI is InChI=1S/C27H36N4O4/c1-33-17-8-14-28-26(32)11-6-3-7-18-35-23-12-13-24-25(21-23)31(22-9-4-2-5-10-22)27(29-24)30-15-19-34-20-16-30/h2,4-5,9-10,12-13,21H,3,6-8,11,14-20H2,1H3,(H,28,32). The number of rotatable bonds is 13. The van der Waals surface area contributed by atoms with E-state index in [-0.39, 0.29) is 5.91 Å². The first-order valence-corrected chi connectivity index (χ1v) is 12.6. The van der Waals surface area contributed by atoms with Crippen molar-refractivity contribution >= 4 is 22.9 Å². The van der Waals surface area contributed by atoms with Crippen LogP contribution in [0.15, 0.2) is 48.5 Å². The van der Waals surface area contributed by atoms with E-state index < -0.39 is 0 Å². The minimum atomic E-state index is 0.109. The number of morpholine rings is 1. The molecular weight excluding hydrogens is 444 g/mol. The third kappa shape index (κ3) is 6.96. The van der Waals surface area contributed by atoms with E-state index in [1.54, 1.807) is 7.11 Å². The van der Waals surface area contributed by atoms with Crippen LogP contribution < -0.4 is 15.0 Å². The molecule has 1 N–H and O–H groups in total. The van der Waals surface area contributed by atoms with Gasteiger partial charge >= 0.3 is 0 Å². The number of carbonyl (C=O) groups excluding carboxylic acids is 1. The molecule has 0 aliphatic carbocycles. The molecule has 1 fully saturated rings. The zero-order valence-corrected chi connectivity index (χ0v) is 20.6. The Morgan fingerprint density at radius 1 is 1.03 bits per heavy atom. The summed E-state index contributed by atoms with van der Waals surface area (Å²) >= 11 is 0. The number of hydrogen-bond donors (Lipinski definition) is 1. The number of unbranched alkanes of at least 4 members (excludes halogenated alkanes) is 2. The molecule has 8 heteroatoms. The molecule has 188 valence electrons. The fourth-order valence-corrected chi connectivity index (χ4v) is 4.23. The summed E-state index contributed by atoms with van der Waals surface area (Å²) in [4.78, 5) is 19.1. The minimum Gasteiger partial charge on any atom is -0.494 e. The van der Waals surface area contributed by atoms with Crippen LogP contribution in [-0.4, -0.2) is 68.6 Å². The van der Waals surface area contributed by atoms with Gasteiger partial charge in [0.05, 0.1) is 30.9 Å². The first-order chi connectivity index (χ1) is 17.3. The Balaban J connectivity index is 1.34. The fourth-order valence-electron chi connectivity index (χ4n) is 4.23. The summed E-state index contributed by atoms with van der Waals surface area (Å²) < 4.78 is 18.8. The van der Waals surface area contributed by atoms with E-state index in [0.29, 0.717) is 39.4 Å². The lowest BCUT2D eigenvalue weighted by Crippen LogP contribution is -2.37. The lowest BCUT2D eigenvalue weighted by atomic mass is 10.2. The summed E-state index contributed by atoms with van der Waals surface area (Å²) in [5.41, 5.74) is 3.05. The van der Waals surface area contributed by atoms with Crippen molar-refractivity contribution in [2.75, 3.05) is 58.1 Å². The molecule has 3 aromatic rings. The predicted octanol–water partition coefficient (Wildman–Crippen LogP) is 3.95. The molecule has 4 rings (SSSR count). The average Bonchev–Trinajstić information content (AvgIpc) is 3.28. The van der Waals surface area contributed by atoms with Gasteiger partial charge in [0, 0.05) is 51.5 Å². The van der Waals surface area contributed by atoms with E-state index in [0.717, 1.165) is 67.2 Å². The number of benzene rings is 2. The largest absolute Gasteiger partial charge is 0.494 e. The van der Waals surface area contributed by atoms with Gasteiger partial charge in [0.2, 0.25) is 11.9 Å². The fraction of sp³-hybridized carbons (Fsp3) is 0.481. The summed E-state index contributed by atoms with van der Waals surface area (Å²) in [6.07, 6.45) is 4.13. The molecule has 0 bridgehead atoms. The van der Waals surface area contributed by atoms with Crippen molar-refractivity contribution in [3.63, 3.8) is 0 Å². The van der Waals surface area contributed by atoms with Gasteiger partial charge in [-0.1, -0.05) is 18.2 Å². The third-order valence-electron chi connectivity index (χ3n) is 6.08. The Bertz CT molecular complexity index is 1060. The second-order valence-electron chi connectivity index (χ2n) is 8.69. The number of imidazole rings is 1. The Hall–Kier alpha value is -3.10. The van der Waals surface area contributed by atoms with Gasteiger partial charge in [-0.15, -0.1) is 0 Å². The quantitative estimate of drug-likeness (QED) is 0.373. The van der Waals surface area contributed by atoms with Crippen LogP contribution >= 0.6 is 0 Å².